The molecule has 1 saturated heterocycles. The Morgan fingerprint density at radius 3 is 2.64 bits per heavy atom. The van der Waals surface area contributed by atoms with Crippen LogP contribution < -0.4 is 5.32 Å². The van der Waals surface area contributed by atoms with Gasteiger partial charge in [0.25, 0.3) is 0 Å². The predicted molar refractivity (Wildman–Crippen MR) is 59.5 cm³/mol. The number of methoxy groups -OCH3 is 1. The third-order valence-electron chi connectivity index (χ3n) is 3.14. The number of nitrogens with zero attached hydrogens (tertiary/aromatic N) is 1. The van der Waals surface area contributed by atoms with Crippen molar-refractivity contribution in [3.63, 3.8) is 0 Å². The van der Waals surface area contributed by atoms with Crippen LogP contribution in [0.2, 0.25) is 0 Å². The molecule has 3 atom stereocenters. The number of hydrogen-bond acceptors (Lipinski definition) is 3. The van der Waals surface area contributed by atoms with E-state index in [4.69, 9.17) is 4.74 Å². The van der Waals surface area contributed by atoms with E-state index in [2.05, 4.69) is 24.1 Å². The van der Waals surface area contributed by atoms with Crippen molar-refractivity contribution in [3.8, 4) is 0 Å². The zero-order valence-corrected chi connectivity index (χ0v) is 9.92. The van der Waals surface area contributed by atoms with E-state index in [9.17, 15) is 0 Å². The first-order valence-corrected chi connectivity index (χ1v) is 5.57. The summed E-state index contributed by atoms with van der Waals surface area (Å²) in [5.74, 6) is 0.852. The third kappa shape index (κ3) is 3.23. The maximum Gasteiger partial charge on any atom is 0.0628 e. The Balaban J connectivity index is 2.34. The molecule has 1 aliphatic rings. The monoisotopic (exact) mass is 200 g/mol. The van der Waals surface area contributed by atoms with Crippen LogP contribution in [0.4, 0.5) is 0 Å². The van der Waals surface area contributed by atoms with Crippen LogP contribution in [0, 0.1) is 5.92 Å². The maximum absolute atomic E-state index is 5.18. The molecule has 0 spiro atoms. The number of hydrogen-bond donors (Lipinski definition) is 1. The van der Waals surface area contributed by atoms with Crippen LogP contribution >= 0.6 is 0 Å². The Bertz CT molecular complexity index is 163. The van der Waals surface area contributed by atoms with Gasteiger partial charge in [0.05, 0.1) is 6.61 Å². The molecule has 0 amide bonds. The van der Waals surface area contributed by atoms with E-state index in [1.54, 1.807) is 7.11 Å². The van der Waals surface area contributed by atoms with E-state index in [1.807, 2.05) is 7.05 Å². The van der Waals surface area contributed by atoms with Gasteiger partial charge in [0.1, 0.15) is 0 Å². The summed E-state index contributed by atoms with van der Waals surface area (Å²) >= 11 is 0. The zero-order valence-electron chi connectivity index (χ0n) is 9.92. The first kappa shape index (κ1) is 12.0. The van der Waals surface area contributed by atoms with Gasteiger partial charge < -0.3 is 10.1 Å². The van der Waals surface area contributed by atoms with Crippen LogP contribution in [0.15, 0.2) is 0 Å². The third-order valence-corrected chi connectivity index (χ3v) is 3.14. The van der Waals surface area contributed by atoms with Gasteiger partial charge >= 0.3 is 0 Å². The van der Waals surface area contributed by atoms with Gasteiger partial charge in [-0.05, 0) is 26.3 Å². The summed E-state index contributed by atoms with van der Waals surface area (Å²) in [4.78, 5) is 2.56. The Morgan fingerprint density at radius 2 is 2.21 bits per heavy atom. The summed E-state index contributed by atoms with van der Waals surface area (Å²) in [5.41, 5.74) is 0. The summed E-state index contributed by atoms with van der Waals surface area (Å²) in [6.07, 6.45) is 1.34. The molecule has 3 unspecified atom stereocenters. The maximum atomic E-state index is 5.18. The fourth-order valence-corrected chi connectivity index (χ4v) is 2.35. The summed E-state index contributed by atoms with van der Waals surface area (Å²) in [5, 5.41) is 3.30. The topological polar surface area (TPSA) is 24.5 Å². The van der Waals surface area contributed by atoms with Gasteiger partial charge in [-0.25, -0.2) is 0 Å². The van der Waals surface area contributed by atoms with Crippen LogP contribution in [0.25, 0.3) is 0 Å². The SMILES string of the molecule is CNC(COC)CN1CC(C)CC1C. The van der Waals surface area contributed by atoms with Crippen molar-refractivity contribution in [2.75, 3.05) is 33.9 Å². The second kappa shape index (κ2) is 5.69. The zero-order chi connectivity index (χ0) is 10.6. The highest BCUT2D eigenvalue weighted by molar-refractivity contribution is 4.83. The molecule has 3 heteroatoms. The smallest absolute Gasteiger partial charge is 0.0628 e. The minimum absolute atomic E-state index is 0.466. The van der Waals surface area contributed by atoms with Crippen LogP contribution in [0.3, 0.4) is 0 Å². The Kier molecular flexibility index (Phi) is 4.85. The van der Waals surface area contributed by atoms with E-state index in [1.165, 1.54) is 13.0 Å². The lowest BCUT2D eigenvalue weighted by atomic mass is 10.1. The minimum atomic E-state index is 0.466. The van der Waals surface area contributed by atoms with Crippen LogP contribution in [-0.2, 0) is 4.74 Å². The van der Waals surface area contributed by atoms with Gasteiger partial charge in [0, 0.05) is 32.3 Å². The molecule has 1 rings (SSSR count). The second-order valence-electron chi connectivity index (χ2n) is 4.58. The molecular formula is C11H24N2O. The summed E-state index contributed by atoms with van der Waals surface area (Å²) < 4.78 is 5.18. The lowest BCUT2D eigenvalue weighted by Crippen LogP contribution is -2.43. The molecule has 1 heterocycles. The van der Waals surface area contributed by atoms with Gasteiger partial charge in [0.2, 0.25) is 0 Å². The highest BCUT2D eigenvalue weighted by Crippen LogP contribution is 2.22. The molecule has 1 aliphatic heterocycles. The normalized spacial score (nSPS) is 30.9. The fourth-order valence-electron chi connectivity index (χ4n) is 2.35. The molecule has 0 aromatic heterocycles. The lowest BCUT2D eigenvalue weighted by molar-refractivity contribution is 0.138. The Labute approximate surface area is 87.8 Å². The quantitative estimate of drug-likeness (QED) is 0.715. The number of likely N-dealkylation sites (tertiary alicyclic amines) is 1. The van der Waals surface area contributed by atoms with Crippen LogP contribution in [0.5, 0.6) is 0 Å². The molecule has 0 saturated carbocycles. The molecule has 84 valence electrons. The Hall–Kier alpha value is -0.120. The average molecular weight is 200 g/mol. The van der Waals surface area contributed by atoms with E-state index in [0.29, 0.717) is 6.04 Å². The fraction of sp³-hybridized carbons (Fsp3) is 1.00. The van der Waals surface area contributed by atoms with Crippen molar-refractivity contribution in [1.29, 1.82) is 0 Å². The first-order chi connectivity index (χ1) is 6.67. The van der Waals surface area contributed by atoms with E-state index < -0.39 is 0 Å². The van der Waals surface area contributed by atoms with Crippen molar-refractivity contribution >= 4 is 0 Å². The van der Waals surface area contributed by atoms with Gasteiger partial charge in [0.15, 0.2) is 0 Å². The Morgan fingerprint density at radius 1 is 1.50 bits per heavy atom. The van der Waals surface area contributed by atoms with Crippen LogP contribution in [-0.4, -0.2) is 50.8 Å². The van der Waals surface area contributed by atoms with E-state index in [0.717, 1.165) is 25.1 Å². The van der Waals surface area contributed by atoms with Gasteiger partial charge in [-0.2, -0.15) is 0 Å². The highest BCUT2D eigenvalue weighted by Gasteiger charge is 2.27. The second-order valence-corrected chi connectivity index (χ2v) is 4.58. The van der Waals surface area contributed by atoms with E-state index in [-0.39, 0.29) is 0 Å². The lowest BCUT2D eigenvalue weighted by Gasteiger charge is -2.26. The number of nitrogens with one attached hydrogen (secondary N) is 1. The molecule has 0 aromatic carbocycles. The molecular weight excluding hydrogens is 176 g/mol. The van der Waals surface area contributed by atoms with Crippen molar-refractivity contribution in [1.82, 2.24) is 10.2 Å². The number of rotatable bonds is 5. The van der Waals surface area contributed by atoms with Gasteiger partial charge in [-0.15, -0.1) is 0 Å². The molecule has 0 aliphatic carbocycles. The first-order valence-electron chi connectivity index (χ1n) is 5.57. The van der Waals surface area contributed by atoms with Gasteiger partial charge in [-0.1, -0.05) is 6.92 Å². The molecule has 1 fully saturated rings. The summed E-state index contributed by atoms with van der Waals surface area (Å²) in [6.45, 7) is 7.80. The van der Waals surface area contributed by atoms with Crippen molar-refractivity contribution in [3.05, 3.63) is 0 Å². The largest absolute Gasteiger partial charge is 0.383 e. The molecule has 1 N–H and O–H groups in total. The van der Waals surface area contributed by atoms with Crippen molar-refractivity contribution in [2.24, 2.45) is 5.92 Å². The molecule has 3 nitrogen and oxygen atoms in total. The summed E-state index contributed by atoms with van der Waals surface area (Å²) in [6, 6.07) is 1.20. The molecule has 0 radical (unpaired) electrons. The number of likely N-dealkylation sites (N-methyl/N-ethyl adjacent to an activating group) is 1. The highest BCUT2D eigenvalue weighted by atomic mass is 16.5. The standard InChI is InChI=1S/C11H24N2O/c1-9-5-10(2)13(6-9)7-11(12-3)8-14-4/h9-12H,5-8H2,1-4H3. The van der Waals surface area contributed by atoms with Gasteiger partial charge in [-0.3, -0.25) is 4.90 Å². The molecule has 0 bridgehead atoms. The number of ether oxygens (including phenoxy) is 1. The van der Waals surface area contributed by atoms with E-state index >= 15 is 0 Å². The average Bonchev–Trinajstić information content (AvgIpc) is 2.44. The van der Waals surface area contributed by atoms with Crippen molar-refractivity contribution in [2.45, 2.75) is 32.4 Å². The minimum Gasteiger partial charge on any atom is -0.383 e. The van der Waals surface area contributed by atoms with Crippen LogP contribution in [0.1, 0.15) is 20.3 Å². The van der Waals surface area contributed by atoms with Crippen molar-refractivity contribution < 1.29 is 4.74 Å². The summed E-state index contributed by atoms with van der Waals surface area (Å²) in [7, 11) is 3.77. The predicted octanol–water partition coefficient (Wildman–Crippen LogP) is 0.951. The molecule has 0 aromatic rings. The molecule has 14 heavy (non-hydrogen) atoms.